The Hall–Kier alpha value is -1.79. The van der Waals surface area contributed by atoms with Crippen molar-refractivity contribution < 1.29 is 13.5 Å². The summed E-state index contributed by atoms with van der Waals surface area (Å²) in [6.45, 7) is 12.5. The number of hydrogen-bond donors (Lipinski definition) is 0. The van der Waals surface area contributed by atoms with Crippen molar-refractivity contribution >= 4 is 30.1 Å². The molecule has 166 valence electrons. The molecule has 2 unspecified atom stereocenters. The fourth-order valence-electron chi connectivity index (χ4n) is 3.26. The molecule has 0 fully saturated rings. The van der Waals surface area contributed by atoms with E-state index in [4.69, 9.17) is 19.4 Å². The first-order chi connectivity index (χ1) is 14.8. The second-order valence-corrected chi connectivity index (χ2v) is 13.4. The second-order valence-electron chi connectivity index (χ2n) is 7.61. The van der Waals surface area contributed by atoms with Gasteiger partial charge >= 0.3 is 85.6 Å². The van der Waals surface area contributed by atoms with E-state index in [0.29, 0.717) is 11.8 Å². The van der Waals surface area contributed by atoms with Gasteiger partial charge in [0.25, 0.3) is 0 Å². The first-order valence-corrected chi connectivity index (χ1v) is 15.7. The molecular weight excluding hydrogens is 508 g/mol. The van der Waals surface area contributed by atoms with Crippen molar-refractivity contribution in [2.45, 2.75) is 32.1 Å². The topological polar surface area (TPSA) is 0 Å². The molecule has 2 atom stereocenters. The van der Waals surface area contributed by atoms with E-state index in [1.807, 2.05) is 47.1 Å². The van der Waals surface area contributed by atoms with Crippen LogP contribution in [0.25, 0.3) is 6.08 Å². The number of benzene rings is 3. The third-order valence-corrected chi connectivity index (χ3v) is 6.88. The summed E-state index contributed by atoms with van der Waals surface area (Å²) in [5, 5.41) is 0. The molecule has 31 heavy (non-hydrogen) atoms. The van der Waals surface area contributed by atoms with Crippen LogP contribution in [0.1, 0.15) is 59.9 Å². The Morgan fingerprint density at radius 1 is 0.742 bits per heavy atom. The zero-order valence-corrected chi connectivity index (χ0v) is 21.4. The van der Waals surface area contributed by atoms with Gasteiger partial charge in [-0.25, -0.2) is 0 Å². The van der Waals surface area contributed by atoms with E-state index in [-0.39, 0.29) is 0 Å². The standard InChI is InChI=1S/C19H22.C9H8.2ClH.Ru/c1-14-5-9-18(10-6-14)16(3)13-17(4)19-11-7-15(2)8-12-19;1-2-6-9-7-4-3-5-8-9;;;/h5-12,16-17H,1-2,13H2,3-4H3;1-8H;2*1H;/q-2;;;;+2/p-2/b;6-2+;;;. The van der Waals surface area contributed by atoms with Crippen LogP contribution in [-0.2, 0) is 13.5 Å². The van der Waals surface area contributed by atoms with Gasteiger partial charge in [-0.3, -0.25) is 0 Å². The van der Waals surface area contributed by atoms with Crippen LogP contribution in [0.15, 0.2) is 84.9 Å². The summed E-state index contributed by atoms with van der Waals surface area (Å²) in [6, 6.07) is 27.2. The molecule has 0 saturated carbocycles. The van der Waals surface area contributed by atoms with Crippen LogP contribution in [0.2, 0.25) is 0 Å². The van der Waals surface area contributed by atoms with E-state index in [0.717, 1.165) is 23.1 Å². The van der Waals surface area contributed by atoms with Gasteiger partial charge in [-0.1, -0.05) is 25.0 Å². The summed E-state index contributed by atoms with van der Waals surface area (Å²) in [6.07, 6.45) is 5.06. The minimum atomic E-state index is -1.62. The molecule has 0 heterocycles. The van der Waals surface area contributed by atoms with Crippen LogP contribution in [-0.4, -0.2) is 4.61 Å². The van der Waals surface area contributed by atoms with E-state index < -0.39 is 13.5 Å². The molecule has 0 aromatic heterocycles. The fraction of sp³-hybridized carbons (Fsp3) is 0.179. The fourth-order valence-corrected chi connectivity index (χ4v) is 4.28. The Balaban J connectivity index is 0.000000245. The number of halogens is 2. The Morgan fingerprint density at radius 3 is 1.61 bits per heavy atom. The first-order valence-electron chi connectivity index (χ1n) is 10.2. The normalized spacial score (nSPS) is 13.1. The van der Waals surface area contributed by atoms with Crippen LogP contribution in [0, 0.1) is 13.8 Å². The molecule has 0 aliphatic rings. The number of hydrogen-bond acceptors (Lipinski definition) is 0. The van der Waals surface area contributed by atoms with Crippen molar-refractivity contribution in [2.24, 2.45) is 0 Å². The first kappa shape index (κ1) is 25.5. The molecule has 0 nitrogen and oxygen atoms in total. The SMILES string of the molecule is [CH2-]c1ccc(C(C)CC(C)c2ccc([CH2-])cc2)cc1.[Cl][Ru]([Cl])=[CH]/C=C/c1ccccc1. The Morgan fingerprint density at radius 2 is 1.19 bits per heavy atom. The maximum atomic E-state index is 5.65. The van der Waals surface area contributed by atoms with Crippen molar-refractivity contribution in [3.8, 4) is 0 Å². The van der Waals surface area contributed by atoms with Gasteiger partial charge in [-0.05, 0) is 18.3 Å². The quantitative estimate of drug-likeness (QED) is 0.217. The molecule has 0 amide bonds. The number of allylic oxidation sites excluding steroid dienone is 1. The molecule has 3 aromatic rings. The maximum absolute atomic E-state index is 5.65. The van der Waals surface area contributed by atoms with Crippen LogP contribution in [0.5, 0.6) is 0 Å². The molecule has 0 bridgehead atoms. The minimum absolute atomic E-state index is 0.565. The molecule has 0 aliphatic carbocycles. The monoisotopic (exact) mass is 538 g/mol. The second kappa shape index (κ2) is 13.6. The average Bonchev–Trinajstić information content (AvgIpc) is 2.75. The van der Waals surface area contributed by atoms with Crippen molar-refractivity contribution in [1.82, 2.24) is 0 Å². The van der Waals surface area contributed by atoms with Gasteiger partial charge in [0.15, 0.2) is 0 Å². The molecule has 3 rings (SSSR count). The van der Waals surface area contributed by atoms with Crippen molar-refractivity contribution in [3.05, 3.63) is 127 Å². The van der Waals surface area contributed by atoms with Crippen LogP contribution < -0.4 is 0 Å². The summed E-state index contributed by atoms with van der Waals surface area (Å²) in [7, 11) is 11.3. The molecule has 0 spiro atoms. The third kappa shape index (κ3) is 9.92. The molecule has 3 aromatic carbocycles. The van der Waals surface area contributed by atoms with E-state index in [2.05, 4.69) is 76.2 Å². The Bertz CT molecular complexity index is 905. The number of rotatable bonds is 6. The summed E-state index contributed by atoms with van der Waals surface area (Å²) in [5.74, 6) is 1.13. The van der Waals surface area contributed by atoms with Crippen molar-refractivity contribution in [3.63, 3.8) is 0 Å². The van der Waals surface area contributed by atoms with Gasteiger partial charge in [0.05, 0.1) is 0 Å². The van der Waals surface area contributed by atoms with Gasteiger partial charge in [-0.2, -0.15) is 49.2 Å². The summed E-state index contributed by atoms with van der Waals surface area (Å²) in [5.41, 5.74) is 6.11. The summed E-state index contributed by atoms with van der Waals surface area (Å²) < 4.78 is 1.86. The van der Waals surface area contributed by atoms with E-state index in [1.165, 1.54) is 11.1 Å². The van der Waals surface area contributed by atoms with Crippen molar-refractivity contribution in [2.75, 3.05) is 0 Å². The van der Waals surface area contributed by atoms with Gasteiger partial charge in [-0.15, -0.1) is 24.3 Å². The van der Waals surface area contributed by atoms with E-state index in [1.54, 1.807) is 0 Å². The Kier molecular flexibility index (Phi) is 11.2. The predicted molar refractivity (Wildman–Crippen MR) is 136 cm³/mol. The van der Waals surface area contributed by atoms with Gasteiger partial charge in [0.2, 0.25) is 0 Å². The average molecular weight is 539 g/mol. The van der Waals surface area contributed by atoms with Gasteiger partial charge in [0, 0.05) is 0 Å². The van der Waals surface area contributed by atoms with Gasteiger partial charge in [0.1, 0.15) is 0 Å². The van der Waals surface area contributed by atoms with Crippen molar-refractivity contribution in [1.29, 1.82) is 0 Å². The van der Waals surface area contributed by atoms with E-state index >= 15 is 0 Å². The summed E-state index contributed by atoms with van der Waals surface area (Å²) >= 11 is -1.62. The zero-order chi connectivity index (χ0) is 22.6. The zero-order valence-electron chi connectivity index (χ0n) is 18.1. The Labute approximate surface area is 201 Å². The predicted octanol–water partition coefficient (Wildman–Crippen LogP) is 8.78. The van der Waals surface area contributed by atoms with E-state index in [9.17, 15) is 0 Å². The molecule has 3 heteroatoms. The summed E-state index contributed by atoms with van der Waals surface area (Å²) in [4.78, 5) is 0. The van der Waals surface area contributed by atoms with Crippen LogP contribution >= 0.6 is 19.4 Å². The molecule has 0 saturated heterocycles. The molecular formula is C28H30Cl2Ru-2. The van der Waals surface area contributed by atoms with Gasteiger partial charge < -0.3 is 0 Å². The molecule has 0 radical (unpaired) electrons. The van der Waals surface area contributed by atoms with Crippen LogP contribution in [0.4, 0.5) is 0 Å². The van der Waals surface area contributed by atoms with Crippen LogP contribution in [0.3, 0.4) is 0 Å². The third-order valence-electron chi connectivity index (χ3n) is 5.05. The molecule has 0 N–H and O–H groups in total. The molecule has 0 aliphatic heterocycles.